The minimum absolute atomic E-state index is 0. The predicted octanol–water partition coefficient (Wildman–Crippen LogP) is 6.75. The zero-order valence-corrected chi connectivity index (χ0v) is 33.8. The molecule has 0 amide bonds. The second kappa shape index (κ2) is 17.1. The fourth-order valence-electron chi connectivity index (χ4n) is 6.15. The van der Waals surface area contributed by atoms with Crippen LogP contribution in [0.5, 0.6) is 0 Å². The molecule has 7 rings (SSSR count). The van der Waals surface area contributed by atoms with Crippen LogP contribution in [0.2, 0.25) is 13.1 Å². The molecule has 7 aromatic rings. The Kier molecular flexibility index (Phi) is 14.1. The van der Waals surface area contributed by atoms with E-state index in [0.717, 1.165) is 0 Å². The van der Waals surface area contributed by atoms with Gasteiger partial charge < -0.3 is 24.8 Å². The molecule has 240 valence electrons. The Morgan fingerprint density at radius 2 is 1.15 bits per heavy atom. The van der Waals surface area contributed by atoms with Gasteiger partial charge in [0.25, 0.3) is 0 Å². The van der Waals surface area contributed by atoms with Gasteiger partial charge in [-0.1, -0.05) is 112 Å². The van der Waals surface area contributed by atoms with Crippen LogP contribution in [0.1, 0.15) is 47.6 Å². The molecule has 0 nitrogen and oxygen atoms in total. The molecular formula is C43H44Cl2SiZr-2. The second-order valence-electron chi connectivity index (χ2n) is 12.8. The van der Waals surface area contributed by atoms with Crippen LogP contribution in [0.3, 0.4) is 0 Å². The molecule has 0 aliphatic heterocycles. The van der Waals surface area contributed by atoms with Crippen molar-refractivity contribution in [3.8, 4) is 22.3 Å². The maximum absolute atomic E-state index is 2.36. The summed E-state index contributed by atoms with van der Waals surface area (Å²) < 4.78 is 0. The van der Waals surface area contributed by atoms with Gasteiger partial charge in [-0.2, -0.15) is 12.1 Å². The van der Waals surface area contributed by atoms with Crippen molar-refractivity contribution in [3.05, 3.63) is 143 Å². The Hall–Kier alpha value is -2.74. The Labute approximate surface area is 309 Å². The van der Waals surface area contributed by atoms with E-state index < -0.39 is 0 Å². The molecule has 0 saturated heterocycles. The first-order valence-corrected chi connectivity index (χ1v) is 22.2. The largest absolute Gasteiger partial charge is 1.00 e. The Bertz CT molecular complexity index is 2120. The van der Waals surface area contributed by atoms with E-state index in [1.54, 1.807) is 23.3 Å². The average molecular weight is 751 g/mol. The van der Waals surface area contributed by atoms with E-state index in [4.69, 9.17) is 0 Å². The number of benzene rings is 5. The maximum atomic E-state index is 2.36. The molecule has 47 heavy (non-hydrogen) atoms. The van der Waals surface area contributed by atoms with Crippen molar-refractivity contribution in [2.24, 2.45) is 0 Å². The molecule has 0 atom stereocenters. The van der Waals surface area contributed by atoms with Gasteiger partial charge in [-0.15, -0.1) is 68.6 Å². The van der Waals surface area contributed by atoms with Gasteiger partial charge in [0.05, 0.1) is 0 Å². The van der Waals surface area contributed by atoms with E-state index in [1.165, 1.54) is 82.4 Å². The van der Waals surface area contributed by atoms with Crippen molar-refractivity contribution in [1.82, 2.24) is 0 Å². The first kappa shape index (κ1) is 38.7. The molecule has 0 aliphatic carbocycles. The van der Waals surface area contributed by atoms with Crippen molar-refractivity contribution in [1.29, 1.82) is 0 Å². The molecule has 0 radical (unpaired) electrons. The monoisotopic (exact) mass is 748 g/mol. The van der Waals surface area contributed by atoms with E-state index in [0.29, 0.717) is 5.92 Å². The van der Waals surface area contributed by atoms with Gasteiger partial charge in [0, 0.05) is 0 Å². The predicted molar refractivity (Wildman–Crippen MR) is 198 cm³/mol. The van der Waals surface area contributed by atoms with Crippen LogP contribution in [0.15, 0.2) is 115 Å². The molecule has 0 aromatic heterocycles. The molecule has 0 spiro atoms. The summed E-state index contributed by atoms with van der Waals surface area (Å²) in [6.07, 6.45) is 0. The quantitative estimate of drug-likeness (QED) is 0.139. The van der Waals surface area contributed by atoms with Crippen LogP contribution in [0.25, 0.3) is 54.6 Å². The molecule has 0 N–H and O–H groups in total. The summed E-state index contributed by atoms with van der Waals surface area (Å²) in [7, 11) is 0. The number of hydrogen-bond acceptors (Lipinski definition) is 0. The topological polar surface area (TPSA) is 0 Å². The summed E-state index contributed by atoms with van der Waals surface area (Å²) in [5, 5.41) is 8.09. The third-order valence-electron chi connectivity index (χ3n) is 8.66. The molecule has 0 bridgehead atoms. The number of rotatable bonds is 3. The van der Waals surface area contributed by atoms with Crippen LogP contribution >= 0.6 is 0 Å². The standard InChI is InChI=1S/C21H17.C20H21.C2H6Si.2ClH.Zr/c1-14-12-20-15(2)10-11-19(21(20)13-14)18-9-5-7-16-6-3-4-8-17(16)18;1-13(2)17-11-16-8-6-10-19(20(16)12-17)18-9-5-7-14(3)15(18)4;1-3-2;;;/h3-13H,1-2H3;5-13H,1-4H3;1-2H3;2*1H;/q2*-1;;;;+2/p-2. The first-order chi connectivity index (χ1) is 21.5. The smallest absolute Gasteiger partial charge is 0.0114 e. The van der Waals surface area contributed by atoms with Crippen molar-refractivity contribution < 1.29 is 48.1 Å². The molecule has 0 unspecified atom stereocenters. The van der Waals surface area contributed by atoms with Gasteiger partial charge in [0.1, 0.15) is 0 Å². The van der Waals surface area contributed by atoms with Gasteiger partial charge in [0.2, 0.25) is 0 Å². The number of halogens is 2. The van der Waals surface area contributed by atoms with Crippen molar-refractivity contribution in [2.75, 3.05) is 0 Å². The summed E-state index contributed by atoms with van der Waals surface area (Å²) in [5.74, 6) is 0.578. The van der Waals surface area contributed by atoms with E-state index in [2.05, 4.69) is 170 Å². The van der Waals surface area contributed by atoms with Gasteiger partial charge in [-0.25, -0.2) is 0 Å². The molecule has 0 aliphatic rings. The fourth-order valence-corrected chi connectivity index (χ4v) is 6.15. The molecule has 7 aromatic carbocycles. The van der Waals surface area contributed by atoms with E-state index in [1.807, 2.05) is 0 Å². The minimum Gasteiger partial charge on any atom is -1.00 e. The van der Waals surface area contributed by atoms with Crippen LogP contribution in [-0.4, -0.2) is 5.43 Å². The van der Waals surface area contributed by atoms with Gasteiger partial charge in [0.15, 0.2) is 0 Å². The van der Waals surface area contributed by atoms with Gasteiger partial charge in [-0.05, 0) is 52.8 Å². The minimum atomic E-state index is 0. The summed E-state index contributed by atoms with van der Waals surface area (Å²) in [6, 6.07) is 42.2. The van der Waals surface area contributed by atoms with E-state index in [9.17, 15) is 0 Å². The van der Waals surface area contributed by atoms with Crippen LogP contribution in [0.4, 0.5) is 0 Å². The van der Waals surface area contributed by atoms with Crippen molar-refractivity contribution in [3.63, 3.8) is 0 Å². The molecule has 4 heteroatoms. The summed E-state index contributed by atoms with van der Waals surface area (Å²) in [6.45, 7) is 17.9. The Morgan fingerprint density at radius 3 is 1.85 bits per heavy atom. The van der Waals surface area contributed by atoms with Crippen LogP contribution in [0, 0.1) is 27.7 Å². The zero-order valence-electron chi connectivity index (χ0n) is 28.8. The second-order valence-corrected chi connectivity index (χ2v) is 22.2. The van der Waals surface area contributed by atoms with E-state index >= 15 is 0 Å². The number of aryl methyl sites for hydroxylation is 3. The third kappa shape index (κ3) is 8.84. The normalized spacial score (nSPS) is 10.5. The van der Waals surface area contributed by atoms with Gasteiger partial charge >= 0.3 is 41.9 Å². The summed E-state index contributed by atoms with van der Waals surface area (Å²) in [5.41, 5.74) is 12.4. The number of hydrogen-bond donors (Lipinski definition) is 0. The molecule has 0 saturated carbocycles. The Morgan fingerprint density at radius 1 is 0.574 bits per heavy atom. The first-order valence-electron chi connectivity index (χ1n) is 16.0. The third-order valence-corrected chi connectivity index (χ3v) is 8.66. The average Bonchev–Trinajstić information content (AvgIpc) is 3.63. The summed E-state index contributed by atoms with van der Waals surface area (Å²) in [4.78, 5) is 0. The SMILES string of the molecule is C[Si](C)=[Zr+2].Cc1cc2c(-c3cccc4ccccc34)ccc(C)c2[cH-]1.Cc1cccc(-c2cccc3[cH-]c(C(C)C)cc23)c1C.[Cl-].[Cl-]. The molecular weight excluding hydrogens is 707 g/mol. The summed E-state index contributed by atoms with van der Waals surface area (Å²) >= 11 is 1.74. The fraction of sp³-hybridized carbons (Fsp3) is 0.209. The maximum Gasteiger partial charge on any atom is -0.0114 e. The Balaban J connectivity index is 0.000000221. The van der Waals surface area contributed by atoms with Crippen LogP contribution < -0.4 is 24.8 Å². The van der Waals surface area contributed by atoms with Gasteiger partial charge in [-0.3, -0.25) is 0 Å². The van der Waals surface area contributed by atoms with E-state index in [-0.39, 0.29) is 30.2 Å². The van der Waals surface area contributed by atoms with Crippen molar-refractivity contribution in [2.45, 2.75) is 60.6 Å². The molecule has 0 heterocycles. The number of fused-ring (bicyclic) bond motifs is 3. The zero-order chi connectivity index (χ0) is 32.2. The molecule has 0 fully saturated rings. The van der Waals surface area contributed by atoms with Crippen LogP contribution in [-0.2, 0) is 23.3 Å². The van der Waals surface area contributed by atoms with Crippen molar-refractivity contribution >= 4 is 37.8 Å².